The molecule has 0 unspecified atom stereocenters. The highest BCUT2D eigenvalue weighted by Crippen LogP contribution is 2.55. The lowest BCUT2D eigenvalue weighted by Crippen LogP contribution is -2.42. The van der Waals surface area contributed by atoms with Crippen LogP contribution in [0.15, 0.2) is 53.2 Å². The van der Waals surface area contributed by atoms with Gasteiger partial charge in [-0.25, -0.2) is 9.78 Å². The van der Waals surface area contributed by atoms with Crippen molar-refractivity contribution in [1.29, 1.82) is 0 Å². The van der Waals surface area contributed by atoms with Gasteiger partial charge in [-0.2, -0.15) is 0 Å². The Kier molecular flexibility index (Phi) is 4.87. The molecule has 3 aromatic heterocycles. The molecule has 1 saturated heterocycles. The highest BCUT2D eigenvalue weighted by atomic mass is 16.5. The SMILES string of the molecule is Cc1ccccc1-c1noc(C2CC2)c1C1=CC2(CCN(c3ccc4c(C(=O)O)nc(C)n4c3)CC2)C1. The Labute approximate surface area is 215 Å². The average molecular weight is 495 g/mol. The lowest BCUT2D eigenvalue weighted by atomic mass is 9.63. The van der Waals surface area contributed by atoms with Crippen molar-refractivity contribution in [1.82, 2.24) is 14.5 Å². The van der Waals surface area contributed by atoms with Crippen LogP contribution in [0, 0.1) is 19.3 Å². The minimum absolute atomic E-state index is 0.109. The fourth-order valence-corrected chi connectivity index (χ4v) is 6.24. The van der Waals surface area contributed by atoms with Gasteiger partial charge in [-0.15, -0.1) is 0 Å². The molecule has 3 aliphatic rings. The normalized spacial score (nSPS) is 18.8. The van der Waals surface area contributed by atoms with E-state index in [2.05, 4.69) is 52.3 Å². The Morgan fingerprint density at radius 2 is 1.86 bits per heavy atom. The summed E-state index contributed by atoms with van der Waals surface area (Å²) < 4.78 is 7.85. The van der Waals surface area contributed by atoms with E-state index in [0.717, 1.165) is 49.5 Å². The molecule has 0 amide bonds. The van der Waals surface area contributed by atoms with Gasteiger partial charge in [0.1, 0.15) is 17.3 Å². The number of rotatable bonds is 5. The van der Waals surface area contributed by atoms with Crippen LogP contribution in [0.25, 0.3) is 22.3 Å². The van der Waals surface area contributed by atoms with E-state index < -0.39 is 5.97 Å². The number of hydrogen-bond acceptors (Lipinski definition) is 5. The first-order chi connectivity index (χ1) is 17.9. The number of piperidine rings is 1. The molecule has 2 fully saturated rings. The molecule has 1 aliphatic heterocycles. The van der Waals surface area contributed by atoms with Gasteiger partial charge in [0, 0.05) is 36.3 Å². The van der Waals surface area contributed by atoms with Crippen molar-refractivity contribution in [3.05, 3.63) is 77.1 Å². The third-order valence-electron chi connectivity index (χ3n) is 8.54. The number of nitrogens with zero attached hydrogens (tertiary/aromatic N) is 4. The largest absolute Gasteiger partial charge is 0.476 e. The smallest absolute Gasteiger partial charge is 0.356 e. The fourth-order valence-electron chi connectivity index (χ4n) is 6.24. The summed E-state index contributed by atoms with van der Waals surface area (Å²) in [5.74, 6) is 1.30. The molecule has 1 spiro atoms. The molecule has 0 bridgehead atoms. The molecular weight excluding hydrogens is 464 g/mol. The van der Waals surface area contributed by atoms with Crippen molar-refractivity contribution in [2.24, 2.45) is 5.41 Å². The molecular formula is C30H30N4O3. The predicted molar refractivity (Wildman–Crippen MR) is 142 cm³/mol. The molecule has 1 aromatic carbocycles. The van der Waals surface area contributed by atoms with Gasteiger partial charge in [0.25, 0.3) is 0 Å². The van der Waals surface area contributed by atoms with Gasteiger partial charge in [0.15, 0.2) is 5.69 Å². The van der Waals surface area contributed by atoms with Crippen LogP contribution in [0.3, 0.4) is 0 Å². The molecule has 7 nitrogen and oxygen atoms in total. The highest BCUT2D eigenvalue weighted by Gasteiger charge is 2.44. The van der Waals surface area contributed by atoms with E-state index in [0.29, 0.717) is 17.3 Å². The maximum absolute atomic E-state index is 11.5. The van der Waals surface area contributed by atoms with Gasteiger partial charge >= 0.3 is 5.97 Å². The summed E-state index contributed by atoms with van der Waals surface area (Å²) in [5, 5.41) is 14.0. The summed E-state index contributed by atoms with van der Waals surface area (Å²) >= 11 is 0. The molecule has 1 saturated carbocycles. The zero-order valence-electron chi connectivity index (χ0n) is 21.2. The van der Waals surface area contributed by atoms with E-state index in [-0.39, 0.29) is 11.1 Å². The number of carboxylic acid groups (broad SMARTS) is 1. The quantitative estimate of drug-likeness (QED) is 0.353. The number of aryl methyl sites for hydroxylation is 2. The molecule has 0 radical (unpaired) electrons. The second kappa shape index (κ2) is 8.07. The van der Waals surface area contributed by atoms with Gasteiger partial charge in [0.2, 0.25) is 0 Å². The molecule has 0 atom stereocenters. The number of carbonyl (C=O) groups is 1. The van der Waals surface area contributed by atoms with Crippen LogP contribution in [0.1, 0.15) is 71.2 Å². The van der Waals surface area contributed by atoms with Gasteiger partial charge in [-0.3, -0.25) is 0 Å². The van der Waals surface area contributed by atoms with Crippen LogP contribution in [-0.2, 0) is 0 Å². The second-order valence-corrected chi connectivity index (χ2v) is 11.0. The maximum atomic E-state index is 11.5. The number of anilines is 1. The number of aromatic carboxylic acids is 1. The van der Waals surface area contributed by atoms with Crippen LogP contribution < -0.4 is 4.90 Å². The zero-order valence-corrected chi connectivity index (χ0v) is 21.2. The van der Waals surface area contributed by atoms with E-state index in [4.69, 9.17) is 4.52 Å². The Balaban J connectivity index is 1.13. The minimum Gasteiger partial charge on any atom is -0.476 e. The standard InChI is InChI=1S/C30H30N4O3/c1-18-5-3-4-6-23(18)26-25(28(37-32-26)20-7-8-20)21-15-30(16-21)11-13-33(14-12-30)22-9-10-24-27(29(35)36)31-19(2)34(24)17-22/h3-6,9-10,15,17,20H,7-8,11-14,16H2,1-2H3,(H,35,36). The summed E-state index contributed by atoms with van der Waals surface area (Å²) in [6.45, 7) is 5.93. The summed E-state index contributed by atoms with van der Waals surface area (Å²) in [6.07, 6.45) is 10.2. The number of benzene rings is 1. The van der Waals surface area contributed by atoms with Gasteiger partial charge in [-0.05, 0) is 74.6 Å². The van der Waals surface area contributed by atoms with Crippen LogP contribution in [-0.4, -0.2) is 38.7 Å². The predicted octanol–water partition coefficient (Wildman–Crippen LogP) is 6.26. The first-order valence-corrected chi connectivity index (χ1v) is 13.2. The molecule has 37 heavy (non-hydrogen) atoms. The van der Waals surface area contributed by atoms with Crippen molar-refractivity contribution in [3.63, 3.8) is 0 Å². The number of carboxylic acids is 1. The molecule has 2 aliphatic carbocycles. The summed E-state index contributed by atoms with van der Waals surface area (Å²) in [6, 6.07) is 12.3. The maximum Gasteiger partial charge on any atom is 0.356 e. The Morgan fingerprint density at radius 1 is 1.11 bits per heavy atom. The van der Waals surface area contributed by atoms with E-state index in [1.807, 2.05) is 29.7 Å². The molecule has 7 rings (SSSR count). The van der Waals surface area contributed by atoms with Gasteiger partial charge in [-0.1, -0.05) is 35.5 Å². The Morgan fingerprint density at radius 3 is 2.57 bits per heavy atom. The minimum atomic E-state index is -0.992. The molecule has 188 valence electrons. The monoisotopic (exact) mass is 494 g/mol. The van der Waals surface area contributed by atoms with Crippen LogP contribution in [0.5, 0.6) is 0 Å². The van der Waals surface area contributed by atoms with Crippen LogP contribution in [0.2, 0.25) is 0 Å². The first kappa shape index (κ1) is 22.3. The molecule has 7 heteroatoms. The van der Waals surface area contributed by atoms with Gasteiger partial charge in [0.05, 0.1) is 11.2 Å². The van der Waals surface area contributed by atoms with E-state index >= 15 is 0 Å². The van der Waals surface area contributed by atoms with Crippen molar-refractivity contribution < 1.29 is 14.4 Å². The average Bonchev–Trinajstić information content (AvgIpc) is 3.55. The van der Waals surface area contributed by atoms with Crippen molar-refractivity contribution in [2.75, 3.05) is 18.0 Å². The number of aromatic nitrogens is 3. The Hall–Kier alpha value is -3.87. The lowest BCUT2D eigenvalue weighted by molar-refractivity contribution is 0.0693. The van der Waals surface area contributed by atoms with Crippen LogP contribution in [0.4, 0.5) is 5.69 Å². The highest BCUT2D eigenvalue weighted by molar-refractivity contribution is 5.94. The van der Waals surface area contributed by atoms with Crippen LogP contribution >= 0.6 is 0 Å². The lowest BCUT2D eigenvalue weighted by Gasteiger charge is -2.47. The third kappa shape index (κ3) is 3.59. The summed E-state index contributed by atoms with van der Waals surface area (Å²) in [5.41, 5.74) is 8.13. The number of allylic oxidation sites excluding steroid dienone is 2. The van der Waals surface area contributed by atoms with Crippen molar-refractivity contribution in [2.45, 2.75) is 51.9 Å². The first-order valence-electron chi connectivity index (χ1n) is 13.2. The van der Waals surface area contributed by atoms with Crippen molar-refractivity contribution in [3.8, 4) is 11.3 Å². The third-order valence-corrected chi connectivity index (χ3v) is 8.54. The number of pyridine rings is 1. The van der Waals surface area contributed by atoms with E-state index in [1.54, 1.807) is 0 Å². The molecule has 1 N–H and O–H groups in total. The fraction of sp³-hybridized carbons (Fsp3) is 0.367. The van der Waals surface area contributed by atoms with Gasteiger partial charge < -0.3 is 18.9 Å². The number of imidazole rings is 1. The summed E-state index contributed by atoms with van der Waals surface area (Å²) in [4.78, 5) is 18.2. The zero-order chi connectivity index (χ0) is 25.3. The van der Waals surface area contributed by atoms with E-state index in [9.17, 15) is 9.90 Å². The van der Waals surface area contributed by atoms with Crippen molar-refractivity contribution >= 4 is 22.7 Å². The number of hydrogen-bond donors (Lipinski definition) is 1. The molecule has 4 aromatic rings. The Bertz CT molecular complexity index is 1580. The van der Waals surface area contributed by atoms with E-state index in [1.165, 1.54) is 35.1 Å². The topological polar surface area (TPSA) is 83.9 Å². The summed E-state index contributed by atoms with van der Waals surface area (Å²) in [7, 11) is 0. The molecule has 4 heterocycles. The number of fused-ring (bicyclic) bond motifs is 1. The second-order valence-electron chi connectivity index (χ2n) is 11.0.